The SMILES string of the molecule is CC1(c2ccco2)NC(=O)N(CCC(N)=S)C1=O. The van der Waals surface area contributed by atoms with Crippen LogP contribution in [-0.2, 0) is 10.3 Å². The predicted octanol–water partition coefficient (Wildman–Crippen LogP) is 0.723. The van der Waals surface area contributed by atoms with Gasteiger partial charge in [-0.05, 0) is 19.1 Å². The fraction of sp³-hybridized carbons (Fsp3) is 0.364. The van der Waals surface area contributed by atoms with Crippen molar-refractivity contribution >= 4 is 29.1 Å². The van der Waals surface area contributed by atoms with Gasteiger partial charge >= 0.3 is 6.03 Å². The molecule has 2 heterocycles. The highest BCUT2D eigenvalue weighted by molar-refractivity contribution is 7.80. The van der Waals surface area contributed by atoms with Gasteiger partial charge in [-0.15, -0.1) is 0 Å². The van der Waals surface area contributed by atoms with Gasteiger partial charge in [0.1, 0.15) is 5.76 Å². The van der Waals surface area contributed by atoms with Crippen LogP contribution in [0.3, 0.4) is 0 Å². The minimum Gasteiger partial charge on any atom is -0.466 e. The lowest BCUT2D eigenvalue weighted by Gasteiger charge is -2.18. The van der Waals surface area contributed by atoms with Crippen LogP contribution in [0.5, 0.6) is 0 Å². The van der Waals surface area contributed by atoms with Crippen molar-refractivity contribution in [3.05, 3.63) is 24.2 Å². The molecule has 0 saturated carbocycles. The monoisotopic (exact) mass is 267 g/mol. The fourth-order valence-electron chi connectivity index (χ4n) is 1.85. The Morgan fingerprint density at radius 2 is 2.33 bits per heavy atom. The number of rotatable bonds is 4. The summed E-state index contributed by atoms with van der Waals surface area (Å²) in [5.41, 5.74) is 4.21. The van der Waals surface area contributed by atoms with Crippen molar-refractivity contribution < 1.29 is 14.0 Å². The highest BCUT2D eigenvalue weighted by Crippen LogP contribution is 2.28. The Kier molecular flexibility index (Phi) is 3.08. The number of nitrogens with zero attached hydrogens (tertiary/aromatic N) is 1. The molecule has 7 heteroatoms. The van der Waals surface area contributed by atoms with Gasteiger partial charge in [0.25, 0.3) is 5.91 Å². The molecule has 0 spiro atoms. The summed E-state index contributed by atoms with van der Waals surface area (Å²) < 4.78 is 5.20. The molecule has 0 bridgehead atoms. The van der Waals surface area contributed by atoms with Gasteiger partial charge in [0, 0.05) is 13.0 Å². The number of carbonyl (C=O) groups is 2. The zero-order valence-corrected chi connectivity index (χ0v) is 10.6. The molecule has 2 rings (SSSR count). The molecule has 3 N–H and O–H groups in total. The quantitative estimate of drug-likeness (QED) is 0.620. The number of imide groups is 1. The number of furan rings is 1. The first-order valence-electron chi connectivity index (χ1n) is 5.41. The van der Waals surface area contributed by atoms with Gasteiger partial charge in [0.2, 0.25) is 0 Å². The molecule has 1 atom stereocenters. The largest absolute Gasteiger partial charge is 0.466 e. The smallest absolute Gasteiger partial charge is 0.325 e. The third-order valence-electron chi connectivity index (χ3n) is 2.87. The van der Waals surface area contributed by atoms with Crippen LogP contribution in [0.4, 0.5) is 4.79 Å². The summed E-state index contributed by atoms with van der Waals surface area (Å²) in [4.78, 5) is 25.4. The van der Waals surface area contributed by atoms with Gasteiger partial charge in [-0.3, -0.25) is 9.69 Å². The van der Waals surface area contributed by atoms with E-state index in [1.54, 1.807) is 19.1 Å². The molecule has 96 valence electrons. The van der Waals surface area contributed by atoms with Crippen LogP contribution in [0.1, 0.15) is 19.1 Å². The molecule has 1 aliphatic heterocycles. The standard InChI is InChI=1S/C11H13N3O3S/c1-11(7-3-2-6-17-7)9(15)14(10(16)13-11)5-4-8(12)18/h2-3,6H,4-5H2,1H3,(H2,12,18)(H,13,16). The Labute approximate surface area is 109 Å². The predicted molar refractivity (Wildman–Crippen MR) is 67.7 cm³/mol. The lowest BCUT2D eigenvalue weighted by atomic mass is 9.99. The first kappa shape index (κ1) is 12.6. The number of carbonyl (C=O) groups excluding carboxylic acids is 2. The second kappa shape index (κ2) is 4.41. The first-order valence-corrected chi connectivity index (χ1v) is 5.82. The average Bonchev–Trinajstić information content (AvgIpc) is 2.87. The van der Waals surface area contributed by atoms with Gasteiger partial charge in [-0.25, -0.2) is 4.79 Å². The number of hydrogen-bond donors (Lipinski definition) is 2. The average molecular weight is 267 g/mol. The van der Waals surface area contributed by atoms with E-state index in [9.17, 15) is 9.59 Å². The number of amides is 3. The van der Waals surface area contributed by atoms with E-state index < -0.39 is 11.6 Å². The lowest BCUT2D eigenvalue weighted by Crippen LogP contribution is -2.40. The highest BCUT2D eigenvalue weighted by atomic mass is 32.1. The molecule has 1 aromatic rings. The number of nitrogens with one attached hydrogen (secondary N) is 1. The number of urea groups is 1. The van der Waals surface area contributed by atoms with E-state index in [4.69, 9.17) is 22.4 Å². The van der Waals surface area contributed by atoms with E-state index in [0.29, 0.717) is 12.2 Å². The Hall–Kier alpha value is -1.89. The van der Waals surface area contributed by atoms with Crippen LogP contribution in [0, 0.1) is 0 Å². The Bertz CT molecular complexity index is 500. The van der Waals surface area contributed by atoms with Crippen LogP contribution in [0.2, 0.25) is 0 Å². The third-order valence-corrected chi connectivity index (χ3v) is 3.07. The molecule has 0 aliphatic carbocycles. The number of thiocarbonyl (C=S) groups is 1. The van der Waals surface area contributed by atoms with Crippen molar-refractivity contribution in [2.75, 3.05) is 6.54 Å². The topological polar surface area (TPSA) is 88.6 Å². The van der Waals surface area contributed by atoms with E-state index in [1.165, 1.54) is 6.26 Å². The highest BCUT2D eigenvalue weighted by Gasteiger charge is 2.50. The second-order valence-corrected chi connectivity index (χ2v) is 4.73. The van der Waals surface area contributed by atoms with Crippen molar-refractivity contribution in [2.24, 2.45) is 5.73 Å². The van der Waals surface area contributed by atoms with Crippen LogP contribution in [0.25, 0.3) is 0 Å². The molecule has 1 saturated heterocycles. The summed E-state index contributed by atoms with van der Waals surface area (Å²) in [5.74, 6) is 0.0392. The molecule has 0 aromatic carbocycles. The van der Waals surface area contributed by atoms with E-state index in [0.717, 1.165) is 4.90 Å². The van der Waals surface area contributed by atoms with Gasteiger partial charge < -0.3 is 15.5 Å². The second-order valence-electron chi connectivity index (χ2n) is 4.21. The maximum atomic E-state index is 12.2. The molecule has 3 amide bonds. The molecule has 18 heavy (non-hydrogen) atoms. The summed E-state index contributed by atoms with van der Waals surface area (Å²) in [7, 11) is 0. The summed E-state index contributed by atoms with van der Waals surface area (Å²) >= 11 is 4.73. The molecule has 1 aliphatic rings. The lowest BCUT2D eigenvalue weighted by molar-refractivity contribution is -0.131. The van der Waals surface area contributed by atoms with Crippen molar-refractivity contribution in [3.63, 3.8) is 0 Å². The molecule has 1 unspecified atom stereocenters. The summed E-state index contributed by atoms with van der Waals surface area (Å²) in [6.07, 6.45) is 1.76. The van der Waals surface area contributed by atoms with E-state index in [2.05, 4.69) is 5.32 Å². The van der Waals surface area contributed by atoms with Gasteiger partial charge in [0.15, 0.2) is 5.54 Å². The molecule has 1 fully saturated rings. The number of nitrogens with two attached hydrogens (primary N) is 1. The molecule has 0 radical (unpaired) electrons. The van der Waals surface area contributed by atoms with Crippen LogP contribution in [0.15, 0.2) is 22.8 Å². The zero-order valence-electron chi connectivity index (χ0n) is 9.80. The maximum absolute atomic E-state index is 12.2. The van der Waals surface area contributed by atoms with Crippen molar-refractivity contribution in [1.82, 2.24) is 10.2 Å². The summed E-state index contributed by atoms with van der Waals surface area (Å²) in [6.45, 7) is 1.78. The van der Waals surface area contributed by atoms with E-state index in [-0.39, 0.29) is 17.4 Å². The van der Waals surface area contributed by atoms with Crippen LogP contribution < -0.4 is 11.1 Å². The van der Waals surface area contributed by atoms with Gasteiger partial charge in [-0.2, -0.15) is 0 Å². The third kappa shape index (κ3) is 1.97. The Balaban J connectivity index is 2.21. The van der Waals surface area contributed by atoms with Crippen molar-refractivity contribution in [2.45, 2.75) is 18.9 Å². The minimum absolute atomic E-state index is 0.177. The molecular weight excluding hydrogens is 254 g/mol. The minimum atomic E-state index is -1.16. The van der Waals surface area contributed by atoms with E-state index >= 15 is 0 Å². The van der Waals surface area contributed by atoms with Gasteiger partial charge in [-0.1, -0.05) is 12.2 Å². The Morgan fingerprint density at radius 3 is 2.89 bits per heavy atom. The molecule has 1 aromatic heterocycles. The van der Waals surface area contributed by atoms with E-state index in [1.807, 2.05) is 0 Å². The first-order chi connectivity index (χ1) is 8.45. The van der Waals surface area contributed by atoms with Crippen LogP contribution >= 0.6 is 12.2 Å². The normalized spacial score (nSPS) is 23.3. The molecule has 6 nitrogen and oxygen atoms in total. The zero-order chi connectivity index (χ0) is 13.3. The van der Waals surface area contributed by atoms with Crippen molar-refractivity contribution in [1.29, 1.82) is 0 Å². The summed E-state index contributed by atoms with van der Waals surface area (Å²) in [6, 6.07) is 2.85. The number of hydrogen-bond acceptors (Lipinski definition) is 4. The van der Waals surface area contributed by atoms with Gasteiger partial charge in [0.05, 0.1) is 11.3 Å². The fourth-order valence-corrected chi connectivity index (χ4v) is 1.94. The maximum Gasteiger partial charge on any atom is 0.325 e. The Morgan fingerprint density at radius 1 is 1.61 bits per heavy atom. The van der Waals surface area contributed by atoms with Crippen LogP contribution in [-0.4, -0.2) is 28.4 Å². The molecular formula is C11H13N3O3S. The van der Waals surface area contributed by atoms with Crippen molar-refractivity contribution in [3.8, 4) is 0 Å². The summed E-state index contributed by atoms with van der Waals surface area (Å²) in [5, 5.41) is 2.62.